The van der Waals surface area contributed by atoms with Gasteiger partial charge >= 0.3 is 5.97 Å². The van der Waals surface area contributed by atoms with Gasteiger partial charge in [-0.05, 0) is 19.1 Å². The Morgan fingerprint density at radius 3 is 2.57 bits per heavy atom. The zero-order chi connectivity index (χ0) is 10.8. The van der Waals surface area contributed by atoms with Crippen LogP contribution in [0.1, 0.15) is 6.92 Å². The molecule has 0 aliphatic heterocycles. The molecule has 1 aromatic rings. The molecule has 0 radical (unpaired) electrons. The van der Waals surface area contributed by atoms with E-state index in [1.807, 2.05) is 0 Å². The number of phenols is 1. The molecular formula is C9H12N2O3. The van der Waals surface area contributed by atoms with Crippen LogP contribution in [-0.2, 0) is 4.79 Å². The molecule has 0 bridgehead atoms. The number of phenolic OH excluding ortho intramolecular Hbond substituents is 1. The SMILES string of the molecule is CC(N)(Nc1ccccc1O)C(=O)O. The Labute approximate surface area is 81.2 Å². The number of para-hydroxylation sites is 2. The highest BCUT2D eigenvalue weighted by molar-refractivity contribution is 5.82. The first-order valence-electron chi connectivity index (χ1n) is 4.02. The van der Waals surface area contributed by atoms with E-state index in [4.69, 9.17) is 10.8 Å². The first-order chi connectivity index (χ1) is 6.43. The number of nitrogens with one attached hydrogen (secondary N) is 1. The fraction of sp³-hybridized carbons (Fsp3) is 0.222. The van der Waals surface area contributed by atoms with Gasteiger partial charge < -0.3 is 15.5 Å². The molecule has 0 saturated heterocycles. The van der Waals surface area contributed by atoms with Crippen molar-refractivity contribution in [1.29, 1.82) is 0 Å². The summed E-state index contributed by atoms with van der Waals surface area (Å²) < 4.78 is 0. The Morgan fingerprint density at radius 2 is 2.07 bits per heavy atom. The van der Waals surface area contributed by atoms with Crippen LogP contribution in [0, 0.1) is 0 Å². The van der Waals surface area contributed by atoms with Crippen LogP contribution in [0.2, 0.25) is 0 Å². The number of hydrogen-bond donors (Lipinski definition) is 4. The van der Waals surface area contributed by atoms with E-state index in [1.54, 1.807) is 18.2 Å². The van der Waals surface area contributed by atoms with Crippen molar-refractivity contribution in [3.8, 4) is 5.75 Å². The number of carboxylic acids is 1. The van der Waals surface area contributed by atoms with Crippen molar-refractivity contribution >= 4 is 11.7 Å². The van der Waals surface area contributed by atoms with Crippen LogP contribution in [0.3, 0.4) is 0 Å². The molecule has 0 aliphatic carbocycles. The largest absolute Gasteiger partial charge is 0.506 e. The number of carboxylic acid groups (broad SMARTS) is 1. The van der Waals surface area contributed by atoms with Gasteiger partial charge in [-0.1, -0.05) is 12.1 Å². The minimum Gasteiger partial charge on any atom is -0.506 e. The number of aromatic hydroxyl groups is 1. The van der Waals surface area contributed by atoms with E-state index >= 15 is 0 Å². The summed E-state index contributed by atoms with van der Waals surface area (Å²) in [5.74, 6) is -1.23. The van der Waals surface area contributed by atoms with Gasteiger partial charge in [0.2, 0.25) is 0 Å². The van der Waals surface area contributed by atoms with Gasteiger partial charge in [-0.3, -0.25) is 5.73 Å². The third-order valence-corrected chi connectivity index (χ3v) is 1.74. The predicted molar refractivity (Wildman–Crippen MR) is 52.0 cm³/mol. The van der Waals surface area contributed by atoms with Crippen molar-refractivity contribution in [2.24, 2.45) is 5.73 Å². The van der Waals surface area contributed by atoms with E-state index in [1.165, 1.54) is 13.0 Å². The number of rotatable bonds is 3. The zero-order valence-electron chi connectivity index (χ0n) is 7.69. The minimum absolute atomic E-state index is 0.0366. The molecule has 5 nitrogen and oxygen atoms in total. The molecule has 1 aromatic carbocycles. The molecule has 5 heteroatoms. The summed E-state index contributed by atoms with van der Waals surface area (Å²) in [5.41, 5.74) is 4.13. The van der Waals surface area contributed by atoms with Crippen molar-refractivity contribution in [2.75, 3.05) is 5.32 Å². The monoisotopic (exact) mass is 196 g/mol. The molecule has 5 N–H and O–H groups in total. The van der Waals surface area contributed by atoms with Crippen LogP contribution in [0.5, 0.6) is 5.75 Å². The van der Waals surface area contributed by atoms with Gasteiger partial charge in [0.15, 0.2) is 5.66 Å². The summed E-state index contributed by atoms with van der Waals surface area (Å²) in [4.78, 5) is 10.7. The maximum absolute atomic E-state index is 10.7. The number of nitrogens with two attached hydrogens (primary N) is 1. The molecule has 0 heterocycles. The molecule has 0 aromatic heterocycles. The van der Waals surface area contributed by atoms with E-state index in [0.717, 1.165) is 0 Å². The van der Waals surface area contributed by atoms with Gasteiger partial charge in [0.05, 0.1) is 5.69 Å². The lowest BCUT2D eigenvalue weighted by molar-refractivity contribution is -0.141. The average molecular weight is 196 g/mol. The summed E-state index contributed by atoms with van der Waals surface area (Å²) in [6, 6.07) is 6.29. The second kappa shape index (κ2) is 3.55. The van der Waals surface area contributed by atoms with Gasteiger partial charge in [-0.25, -0.2) is 4.79 Å². The number of carbonyl (C=O) groups is 1. The molecular weight excluding hydrogens is 184 g/mol. The molecule has 1 atom stereocenters. The standard InChI is InChI=1S/C9H12N2O3/c1-9(10,8(13)14)11-6-4-2-3-5-7(6)12/h2-5,11-12H,10H2,1H3,(H,13,14). The summed E-state index contributed by atoms with van der Waals surface area (Å²) in [6.07, 6.45) is 0. The number of benzene rings is 1. The molecule has 0 aliphatic rings. The summed E-state index contributed by atoms with van der Waals surface area (Å²) in [5, 5.41) is 20.6. The Morgan fingerprint density at radius 1 is 1.50 bits per heavy atom. The van der Waals surface area contributed by atoms with Crippen LogP contribution < -0.4 is 11.1 Å². The number of hydrogen-bond acceptors (Lipinski definition) is 4. The highest BCUT2D eigenvalue weighted by Gasteiger charge is 2.28. The summed E-state index contributed by atoms with van der Waals surface area (Å²) >= 11 is 0. The van der Waals surface area contributed by atoms with Gasteiger partial charge in [-0.15, -0.1) is 0 Å². The van der Waals surface area contributed by atoms with Crippen LogP contribution >= 0.6 is 0 Å². The van der Waals surface area contributed by atoms with Crippen LogP contribution in [0.15, 0.2) is 24.3 Å². The lowest BCUT2D eigenvalue weighted by atomic mass is 10.2. The Bertz CT molecular complexity index is 350. The van der Waals surface area contributed by atoms with Crippen molar-refractivity contribution in [1.82, 2.24) is 0 Å². The van der Waals surface area contributed by atoms with E-state index in [-0.39, 0.29) is 5.75 Å². The topological polar surface area (TPSA) is 95.6 Å². The van der Waals surface area contributed by atoms with E-state index < -0.39 is 11.6 Å². The molecule has 0 amide bonds. The van der Waals surface area contributed by atoms with Crippen LogP contribution in [-0.4, -0.2) is 21.8 Å². The van der Waals surface area contributed by atoms with E-state index in [0.29, 0.717) is 5.69 Å². The molecule has 0 saturated carbocycles. The van der Waals surface area contributed by atoms with Crippen LogP contribution in [0.4, 0.5) is 5.69 Å². The Hall–Kier alpha value is -1.75. The first kappa shape index (κ1) is 10.3. The highest BCUT2D eigenvalue weighted by Crippen LogP contribution is 2.23. The highest BCUT2D eigenvalue weighted by atomic mass is 16.4. The fourth-order valence-corrected chi connectivity index (χ4v) is 0.913. The molecule has 1 unspecified atom stereocenters. The average Bonchev–Trinajstić information content (AvgIpc) is 2.08. The van der Waals surface area contributed by atoms with Gasteiger partial charge in [-0.2, -0.15) is 0 Å². The molecule has 1 rings (SSSR count). The zero-order valence-corrected chi connectivity index (χ0v) is 7.69. The Balaban J connectivity index is 2.89. The maximum Gasteiger partial charge on any atom is 0.344 e. The molecule has 0 fully saturated rings. The van der Waals surface area contributed by atoms with Crippen molar-refractivity contribution in [2.45, 2.75) is 12.6 Å². The molecule has 76 valence electrons. The number of aliphatic carboxylic acids is 1. The minimum atomic E-state index is -1.60. The van der Waals surface area contributed by atoms with E-state index in [2.05, 4.69) is 5.32 Å². The lowest BCUT2D eigenvalue weighted by Gasteiger charge is -2.22. The van der Waals surface area contributed by atoms with Crippen molar-refractivity contribution in [3.63, 3.8) is 0 Å². The number of anilines is 1. The quantitative estimate of drug-likeness (QED) is 0.418. The van der Waals surface area contributed by atoms with Crippen molar-refractivity contribution < 1.29 is 15.0 Å². The molecule has 14 heavy (non-hydrogen) atoms. The van der Waals surface area contributed by atoms with E-state index in [9.17, 15) is 9.90 Å². The van der Waals surface area contributed by atoms with Gasteiger partial charge in [0, 0.05) is 0 Å². The third kappa shape index (κ3) is 2.14. The van der Waals surface area contributed by atoms with Crippen molar-refractivity contribution in [3.05, 3.63) is 24.3 Å². The van der Waals surface area contributed by atoms with Crippen LogP contribution in [0.25, 0.3) is 0 Å². The normalized spacial score (nSPS) is 14.4. The first-order valence-corrected chi connectivity index (χ1v) is 4.02. The summed E-state index contributed by atoms with van der Waals surface area (Å²) in [6.45, 7) is 1.31. The smallest absolute Gasteiger partial charge is 0.344 e. The lowest BCUT2D eigenvalue weighted by Crippen LogP contribution is -2.51. The summed E-state index contributed by atoms with van der Waals surface area (Å²) in [7, 11) is 0. The van der Waals surface area contributed by atoms with Gasteiger partial charge in [0.25, 0.3) is 0 Å². The fourth-order valence-electron chi connectivity index (χ4n) is 0.913. The predicted octanol–water partition coefficient (Wildman–Crippen LogP) is 0.564. The van der Waals surface area contributed by atoms with Gasteiger partial charge in [0.1, 0.15) is 5.75 Å². The third-order valence-electron chi connectivity index (χ3n) is 1.74. The second-order valence-corrected chi connectivity index (χ2v) is 3.15. The maximum atomic E-state index is 10.7. The Kier molecular flexibility index (Phi) is 2.62. The molecule has 0 spiro atoms. The second-order valence-electron chi connectivity index (χ2n) is 3.15.